The normalized spacial score (nSPS) is 17.8. The molecule has 1 heterocycles. The van der Waals surface area contributed by atoms with E-state index in [9.17, 15) is 9.18 Å². The van der Waals surface area contributed by atoms with Crippen molar-refractivity contribution in [2.24, 2.45) is 0 Å². The summed E-state index contributed by atoms with van der Waals surface area (Å²) in [4.78, 5) is 16.6. The molecule has 1 aliphatic heterocycles. The Bertz CT molecular complexity index is 832. The number of hydrogen-bond donors (Lipinski definition) is 1. The topological polar surface area (TPSA) is 44.8 Å². The van der Waals surface area contributed by atoms with Crippen molar-refractivity contribution in [2.45, 2.75) is 32.0 Å². The van der Waals surface area contributed by atoms with Crippen molar-refractivity contribution in [3.63, 3.8) is 0 Å². The van der Waals surface area contributed by atoms with Gasteiger partial charge >= 0.3 is 0 Å². The van der Waals surface area contributed by atoms with Crippen LogP contribution < -0.4 is 10.1 Å². The number of nitrogens with one attached hydrogen (secondary N) is 1. The van der Waals surface area contributed by atoms with E-state index in [4.69, 9.17) is 4.74 Å². The van der Waals surface area contributed by atoms with Crippen molar-refractivity contribution in [1.82, 2.24) is 15.1 Å². The van der Waals surface area contributed by atoms with Gasteiger partial charge in [-0.25, -0.2) is 4.39 Å². The van der Waals surface area contributed by atoms with Gasteiger partial charge in [-0.3, -0.25) is 14.6 Å². The molecule has 1 saturated carbocycles. The van der Waals surface area contributed by atoms with Crippen LogP contribution in [0, 0.1) is 5.82 Å². The largest absolute Gasteiger partial charge is 0.489 e. The number of ether oxygens (including phenoxy) is 1. The molecule has 0 unspecified atom stereocenters. The van der Waals surface area contributed by atoms with Crippen LogP contribution >= 0.6 is 0 Å². The van der Waals surface area contributed by atoms with Crippen LogP contribution in [0.25, 0.3) is 0 Å². The summed E-state index contributed by atoms with van der Waals surface area (Å²) in [5.41, 5.74) is 1.73. The van der Waals surface area contributed by atoms with Gasteiger partial charge in [0.1, 0.15) is 18.2 Å². The van der Waals surface area contributed by atoms with Crippen molar-refractivity contribution in [3.05, 3.63) is 65.5 Å². The lowest BCUT2D eigenvalue weighted by Crippen LogP contribution is -2.49. The van der Waals surface area contributed by atoms with Gasteiger partial charge in [-0.15, -0.1) is 0 Å². The Balaban J connectivity index is 1.23. The van der Waals surface area contributed by atoms with E-state index in [-0.39, 0.29) is 18.3 Å². The molecular formula is C23H28FN3O2. The Labute approximate surface area is 171 Å². The fourth-order valence-electron chi connectivity index (χ4n) is 3.58. The number of hydrogen-bond acceptors (Lipinski definition) is 4. The molecule has 0 radical (unpaired) electrons. The van der Waals surface area contributed by atoms with Crippen LogP contribution in [0.1, 0.15) is 24.0 Å². The quantitative estimate of drug-likeness (QED) is 0.744. The first-order valence-electron chi connectivity index (χ1n) is 10.3. The molecule has 2 aromatic rings. The molecule has 2 aromatic carbocycles. The summed E-state index contributed by atoms with van der Waals surface area (Å²) in [5, 5.41) is 3.05. The lowest BCUT2D eigenvalue weighted by molar-refractivity contribution is -0.122. The molecule has 0 aromatic heterocycles. The Morgan fingerprint density at radius 3 is 2.55 bits per heavy atom. The Morgan fingerprint density at radius 2 is 1.79 bits per heavy atom. The number of nitrogens with zero attached hydrogens (tertiary/aromatic N) is 2. The van der Waals surface area contributed by atoms with E-state index in [0.29, 0.717) is 18.2 Å². The van der Waals surface area contributed by atoms with Gasteiger partial charge < -0.3 is 10.1 Å². The molecule has 2 fully saturated rings. The average molecular weight is 397 g/mol. The van der Waals surface area contributed by atoms with Crippen LogP contribution in [-0.2, 0) is 17.9 Å². The first-order valence-corrected chi connectivity index (χ1v) is 10.3. The lowest BCUT2D eigenvalue weighted by Gasteiger charge is -2.34. The molecule has 1 N–H and O–H groups in total. The SMILES string of the molecule is O=C(CN1CCN(Cc2cccc(OCc3ccccc3F)c2)CC1)NC1CC1. The number of piperazine rings is 1. The summed E-state index contributed by atoms with van der Waals surface area (Å²) in [6, 6.07) is 15.1. The highest BCUT2D eigenvalue weighted by atomic mass is 19.1. The van der Waals surface area contributed by atoms with Crippen molar-refractivity contribution < 1.29 is 13.9 Å². The average Bonchev–Trinajstić information content (AvgIpc) is 3.53. The molecule has 1 aliphatic carbocycles. The summed E-state index contributed by atoms with van der Waals surface area (Å²) in [7, 11) is 0. The number of rotatable bonds is 8. The molecule has 29 heavy (non-hydrogen) atoms. The maximum absolute atomic E-state index is 13.7. The zero-order valence-electron chi connectivity index (χ0n) is 16.6. The molecule has 1 amide bonds. The molecule has 154 valence electrons. The van der Waals surface area contributed by atoms with Crippen molar-refractivity contribution in [1.29, 1.82) is 0 Å². The third kappa shape index (κ3) is 6.02. The van der Waals surface area contributed by atoms with Crippen LogP contribution in [-0.4, -0.2) is 54.5 Å². The van der Waals surface area contributed by atoms with Gasteiger partial charge in [0.2, 0.25) is 5.91 Å². The highest BCUT2D eigenvalue weighted by Gasteiger charge is 2.25. The van der Waals surface area contributed by atoms with Gasteiger partial charge in [-0.05, 0) is 36.6 Å². The molecule has 2 aliphatic rings. The highest BCUT2D eigenvalue weighted by molar-refractivity contribution is 5.78. The van der Waals surface area contributed by atoms with Gasteiger partial charge in [0, 0.05) is 44.3 Å². The van der Waals surface area contributed by atoms with Crippen LogP contribution in [0.15, 0.2) is 48.5 Å². The standard InChI is InChI=1S/C23H28FN3O2/c24-22-7-2-1-5-19(22)17-29-21-6-3-4-18(14-21)15-26-10-12-27(13-11-26)16-23(28)25-20-8-9-20/h1-7,14,20H,8-13,15-17H2,(H,25,28). The number of amides is 1. The first-order chi connectivity index (χ1) is 14.2. The maximum atomic E-state index is 13.7. The minimum Gasteiger partial charge on any atom is -0.489 e. The van der Waals surface area contributed by atoms with Crippen LogP contribution in [0.3, 0.4) is 0 Å². The van der Waals surface area contributed by atoms with Crippen molar-refractivity contribution >= 4 is 5.91 Å². The molecule has 4 rings (SSSR count). The third-order valence-electron chi connectivity index (χ3n) is 5.43. The minimum absolute atomic E-state index is 0.153. The van der Waals surface area contributed by atoms with E-state index >= 15 is 0 Å². The smallest absolute Gasteiger partial charge is 0.234 e. The van der Waals surface area contributed by atoms with E-state index < -0.39 is 0 Å². The summed E-state index contributed by atoms with van der Waals surface area (Å²) in [6.07, 6.45) is 2.26. The molecule has 0 bridgehead atoms. The Kier molecular flexibility index (Phi) is 6.42. The zero-order chi connectivity index (χ0) is 20.1. The summed E-state index contributed by atoms with van der Waals surface area (Å²) in [5.74, 6) is 0.661. The van der Waals surface area contributed by atoms with Gasteiger partial charge in [-0.2, -0.15) is 0 Å². The van der Waals surface area contributed by atoms with E-state index in [2.05, 4.69) is 21.2 Å². The van der Waals surface area contributed by atoms with Crippen LogP contribution in [0.4, 0.5) is 4.39 Å². The van der Waals surface area contributed by atoms with Crippen LogP contribution in [0.5, 0.6) is 5.75 Å². The molecule has 0 spiro atoms. The highest BCUT2D eigenvalue weighted by Crippen LogP contribution is 2.19. The van der Waals surface area contributed by atoms with Gasteiger partial charge in [0.25, 0.3) is 0 Å². The monoisotopic (exact) mass is 397 g/mol. The van der Waals surface area contributed by atoms with Gasteiger partial charge in [-0.1, -0.05) is 30.3 Å². The van der Waals surface area contributed by atoms with E-state index in [1.165, 1.54) is 11.6 Å². The second-order valence-electron chi connectivity index (χ2n) is 7.92. The Morgan fingerprint density at radius 1 is 1.03 bits per heavy atom. The van der Waals surface area contributed by atoms with Gasteiger partial charge in [0.05, 0.1) is 6.54 Å². The number of benzene rings is 2. The fraction of sp³-hybridized carbons (Fsp3) is 0.435. The lowest BCUT2D eigenvalue weighted by atomic mass is 10.2. The minimum atomic E-state index is -0.243. The predicted molar refractivity (Wildman–Crippen MR) is 110 cm³/mol. The second kappa shape index (κ2) is 9.37. The van der Waals surface area contributed by atoms with Crippen molar-refractivity contribution in [2.75, 3.05) is 32.7 Å². The summed E-state index contributed by atoms with van der Waals surface area (Å²) in [6.45, 7) is 5.26. The first kappa shape index (κ1) is 19.9. The number of carbonyl (C=O) groups is 1. The fourth-order valence-corrected chi connectivity index (χ4v) is 3.58. The van der Waals surface area contributed by atoms with Crippen molar-refractivity contribution in [3.8, 4) is 5.75 Å². The second-order valence-corrected chi connectivity index (χ2v) is 7.92. The zero-order valence-corrected chi connectivity index (χ0v) is 16.6. The van der Waals surface area contributed by atoms with E-state index in [1.807, 2.05) is 24.3 Å². The molecule has 0 atom stereocenters. The van der Waals surface area contributed by atoms with E-state index in [1.54, 1.807) is 12.1 Å². The molecule has 5 nitrogen and oxygen atoms in total. The third-order valence-corrected chi connectivity index (χ3v) is 5.43. The summed E-state index contributed by atoms with van der Waals surface area (Å²) >= 11 is 0. The predicted octanol–water partition coefficient (Wildman–Crippen LogP) is 2.80. The van der Waals surface area contributed by atoms with E-state index in [0.717, 1.165) is 51.3 Å². The number of halogens is 1. The van der Waals surface area contributed by atoms with Gasteiger partial charge in [0.15, 0.2) is 0 Å². The van der Waals surface area contributed by atoms with Crippen LogP contribution in [0.2, 0.25) is 0 Å². The maximum Gasteiger partial charge on any atom is 0.234 e. The number of carbonyl (C=O) groups excluding carboxylic acids is 1. The molecule has 1 saturated heterocycles. The Hall–Kier alpha value is -2.44. The summed E-state index contributed by atoms with van der Waals surface area (Å²) < 4.78 is 19.5. The molecular weight excluding hydrogens is 369 g/mol. The molecule has 6 heteroatoms.